The Balaban J connectivity index is 2.07. The molecule has 0 aliphatic rings. The molecule has 0 aromatic heterocycles. The summed E-state index contributed by atoms with van der Waals surface area (Å²) in [6, 6.07) is 12.9. The number of nitrogens with two attached hydrogens (primary N) is 2. The molecule has 2 aromatic rings. The van der Waals surface area contributed by atoms with Gasteiger partial charge in [0.05, 0.1) is 11.6 Å². The van der Waals surface area contributed by atoms with Crippen molar-refractivity contribution in [2.24, 2.45) is 16.5 Å². The maximum Gasteiger partial charge on any atom is 0.255 e. The zero-order chi connectivity index (χ0) is 16.8. The third kappa shape index (κ3) is 4.55. The van der Waals surface area contributed by atoms with Gasteiger partial charge in [-0.1, -0.05) is 0 Å². The van der Waals surface area contributed by atoms with E-state index in [0.717, 1.165) is 0 Å². The Morgan fingerprint density at radius 2 is 1.52 bits per heavy atom. The molecule has 0 atom stereocenters. The normalized spacial score (nSPS) is 11.1. The Labute approximate surface area is 138 Å². The van der Waals surface area contributed by atoms with Gasteiger partial charge in [0, 0.05) is 16.8 Å². The lowest BCUT2D eigenvalue weighted by molar-refractivity contribution is 0.0998. The first-order chi connectivity index (χ1) is 11.0. The van der Waals surface area contributed by atoms with Crippen molar-refractivity contribution in [1.29, 1.82) is 0 Å². The largest absolute Gasteiger partial charge is 0.386 e. The average molecular weight is 331 g/mol. The summed E-state index contributed by atoms with van der Waals surface area (Å²) in [5.41, 5.74) is 12.7. The van der Waals surface area contributed by atoms with Gasteiger partial charge in [-0.25, -0.2) is 4.99 Å². The molecule has 0 saturated carbocycles. The van der Waals surface area contributed by atoms with Gasteiger partial charge in [-0.3, -0.25) is 9.59 Å². The minimum Gasteiger partial charge on any atom is -0.386 e. The molecule has 0 bridgehead atoms. The first-order valence-corrected chi connectivity index (χ1v) is 7.23. The standard InChI is InChI=1S/C16H15ClN4O2/c17-9-14(18)20-12-7-3-11(4-8-12)16(23)21-13-5-1-10(2-6-13)15(19)22/h1-8H,9H2,(H2,18,20)(H2,19,22)(H,21,23). The number of aliphatic imine (C=N–C) groups is 1. The fraction of sp³-hybridized carbons (Fsp3) is 0.0625. The van der Waals surface area contributed by atoms with Gasteiger partial charge in [-0.2, -0.15) is 0 Å². The number of halogens is 1. The van der Waals surface area contributed by atoms with Crippen LogP contribution in [0.25, 0.3) is 0 Å². The molecule has 5 N–H and O–H groups in total. The number of rotatable bonds is 5. The van der Waals surface area contributed by atoms with Crippen molar-refractivity contribution >= 4 is 40.6 Å². The molecule has 2 amide bonds. The maximum absolute atomic E-state index is 12.1. The lowest BCUT2D eigenvalue weighted by Gasteiger charge is -2.06. The van der Waals surface area contributed by atoms with Crippen molar-refractivity contribution in [1.82, 2.24) is 0 Å². The second-order valence-electron chi connectivity index (χ2n) is 4.68. The molecule has 2 aromatic carbocycles. The molecular formula is C16H15ClN4O2. The molecule has 7 heteroatoms. The van der Waals surface area contributed by atoms with Crippen molar-refractivity contribution in [3.05, 3.63) is 59.7 Å². The van der Waals surface area contributed by atoms with E-state index < -0.39 is 5.91 Å². The first-order valence-electron chi connectivity index (χ1n) is 6.70. The minimum atomic E-state index is -0.518. The fourth-order valence-corrected chi connectivity index (χ4v) is 1.86. The van der Waals surface area contributed by atoms with Gasteiger partial charge in [-0.05, 0) is 48.5 Å². The predicted molar refractivity (Wildman–Crippen MR) is 91.4 cm³/mol. The Morgan fingerprint density at radius 3 is 2.04 bits per heavy atom. The number of primary amides is 1. The third-order valence-electron chi connectivity index (χ3n) is 2.97. The Bertz CT molecular complexity index is 740. The molecule has 0 radical (unpaired) electrons. The van der Waals surface area contributed by atoms with Gasteiger partial charge in [0.15, 0.2) is 0 Å². The average Bonchev–Trinajstić information content (AvgIpc) is 2.55. The highest BCUT2D eigenvalue weighted by Crippen LogP contribution is 2.15. The molecule has 0 aliphatic heterocycles. The molecule has 2 rings (SSSR count). The second kappa shape index (κ2) is 7.42. The van der Waals surface area contributed by atoms with E-state index in [1.54, 1.807) is 48.5 Å². The van der Waals surface area contributed by atoms with Crippen molar-refractivity contribution < 1.29 is 9.59 Å². The van der Waals surface area contributed by atoms with Gasteiger partial charge < -0.3 is 16.8 Å². The lowest BCUT2D eigenvalue weighted by Crippen LogP contribution is -2.13. The number of hydrogen-bond donors (Lipinski definition) is 3. The highest BCUT2D eigenvalue weighted by molar-refractivity contribution is 6.28. The number of nitrogens with zero attached hydrogens (tertiary/aromatic N) is 1. The molecule has 0 aliphatic carbocycles. The number of amidine groups is 1. The zero-order valence-electron chi connectivity index (χ0n) is 12.1. The number of alkyl halides is 1. The predicted octanol–water partition coefficient (Wildman–Crippen LogP) is 2.27. The molecule has 118 valence electrons. The highest BCUT2D eigenvalue weighted by atomic mass is 35.5. The van der Waals surface area contributed by atoms with Crippen molar-refractivity contribution in [3.8, 4) is 0 Å². The van der Waals surface area contributed by atoms with Crippen LogP contribution in [0.15, 0.2) is 53.5 Å². The second-order valence-corrected chi connectivity index (χ2v) is 4.95. The van der Waals surface area contributed by atoms with E-state index in [0.29, 0.717) is 28.3 Å². The molecule has 0 heterocycles. The zero-order valence-corrected chi connectivity index (χ0v) is 12.9. The molecule has 23 heavy (non-hydrogen) atoms. The molecule has 0 saturated heterocycles. The summed E-state index contributed by atoms with van der Waals surface area (Å²) in [6.07, 6.45) is 0. The van der Waals surface area contributed by atoms with Crippen LogP contribution in [0, 0.1) is 0 Å². The SMILES string of the molecule is NC(=O)c1ccc(NC(=O)c2ccc(N=C(N)CCl)cc2)cc1. The van der Waals surface area contributed by atoms with Crippen LogP contribution >= 0.6 is 11.6 Å². The van der Waals surface area contributed by atoms with E-state index in [1.807, 2.05) is 0 Å². The minimum absolute atomic E-state index is 0.142. The Morgan fingerprint density at radius 1 is 0.957 bits per heavy atom. The summed E-state index contributed by atoms with van der Waals surface area (Å²) in [5, 5.41) is 2.72. The summed E-state index contributed by atoms with van der Waals surface area (Å²) >= 11 is 5.56. The summed E-state index contributed by atoms with van der Waals surface area (Å²) in [7, 11) is 0. The van der Waals surface area contributed by atoms with Crippen LogP contribution in [0.1, 0.15) is 20.7 Å². The van der Waals surface area contributed by atoms with E-state index in [2.05, 4.69) is 10.3 Å². The van der Waals surface area contributed by atoms with Crippen molar-refractivity contribution in [3.63, 3.8) is 0 Å². The number of carbonyl (C=O) groups is 2. The number of benzene rings is 2. The van der Waals surface area contributed by atoms with Crippen LogP contribution < -0.4 is 16.8 Å². The Hall–Kier alpha value is -2.86. The van der Waals surface area contributed by atoms with Crippen LogP contribution in [-0.4, -0.2) is 23.5 Å². The highest BCUT2D eigenvalue weighted by Gasteiger charge is 2.07. The fourth-order valence-electron chi connectivity index (χ4n) is 1.80. The van der Waals surface area contributed by atoms with Crippen molar-refractivity contribution in [2.75, 3.05) is 11.2 Å². The summed E-state index contributed by atoms with van der Waals surface area (Å²) < 4.78 is 0. The molecule has 6 nitrogen and oxygen atoms in total. The van der Waals surface area contributed by atoms with Crippen molar-refractivity contribution in [2.45, 2.75) is 0 Å². The van der Waals surface area contributed by atoms with Gasteiger partial charge in [-0.15, -0.1) is 11.6 Å². The smallest absolute Gasteiger partial charge is 0.255 e. The van der Waals surface area contributed by atoms with Crippen LogP contribution in [0.2, 0.25) is 0 Å². The topological polar surface area (TPSA) is 111 Å². The first kappa shape index (κ1) is 16.5. The number of nitrogens with one attached hydrogen (secondary N) is 1. The van der Waals surface area contributed by atoms with Gasteiger partial charge in [0.2, 0.25) is 5.91 Å². The van der Waals surface area contributed by atoms with Crippen LogP contribution in [0.5, 0.6) is 0 Å². The van der Waals surface area contributed by atoms with E-state index in [-0.39, 0.29) is 11.8 Å². The van der Waals surface area contributed by atoms with E-state index in [4.69, 9.17) is 23.1 Å². The summed E-state index contributed by atoms with van der Waals surface area (Å²) in [5.74, 6) is -0.352. The number of amides is 2. The van der Waals surface area contributed by atoms with Gasteiger partial charge >= 0.3 is 0 Å². The van der Waals surface area contributed by atoms with E-state index >= 15 is 0 Å². The number of anilines is 1. The molecule has 0 unspecified atom stereocenters. The van der Waals surface area contributed by atoms with E-state index in [1.165, 1.54) is 0 Å². The maximum atomic E-state index is 12.1. The van der Waals surface area contributed by atoms with Gasteiger partial charge in [0.25, 0.3) is 5.91 Å². The lowest BCUT2D eigenvalue weighted by atomic mass is 10.1. The Kier molecular flexibility index (Phi) is 5.32. The van der Waals surface area contributed by atoms with Crippen LogP contribution in [-0.2, 0) is 0 Å². The monoisotopic (exact) mass is 330 g/mol. The van der Waals surface area contributed by atoms with E-state index in [9.17, 15) is 9.59 Å². The number of carbonyl (C=O) groups excluding carboxylic acids is 2. The van der Waals surface area contributed by atoms with Crippen LogP contribution in [0.3, 0.4) is 0 Å². The van der Waals surface area contributed by atoms with Crippen LogP contribution in [0.4, 0.5) is 11.4 Å². The molecule has 0 fully saturated rings. The summed E-state index contributed by atoms with van der Waals surface area (Å²) in [4.78, 5) is 27.2. The molecular weight excluding hydrogens is 316 g/mol. The quantitative estimate of drug-likeness (QED) is 0.444. The summed E-state index contributed by atoms with van der Waals surface area (Å²) in [6.45, 7) is 0. The third-order valence-corrected chi connectivity index (χ3v) is 3.24. The molecule has 0 spiro atoms. The number of hydrogen-bond acceptors (Lipinski definition) is 3. The van der Waals surface area contributed by atoms with Gasteiger partial charge in [0.1, 0.15) is 5.84 Å².